The minimum absolute atomic E-state index is 0.133. The maximum atomic E-state index is 13.0. The van der Waals surface area contributed by atoms with Crippen molar-refractivity contribution in [1.82, 2.24) is 19.5 Å². The zero-order chi connectivity index (χ0) is 21.1. The predicted molar refractivity (Wildman–Crippen MR) is 115 cm³/mol. The molecule has 3 heterocycles. The van der Waals surface area contributed by atoms with Crippen molar-refractivity contribution in [3.8, 4) is 10.6 Å². The van der Waals surface area contributed by atoms with E-state index in [4.69, 9.17) is 0 Å². The summed E-state index contributed by atoms with van der Waals surface area (Å²) in [7, 11) is -3.62. The number of sulfonamides is 1. The highest BCUT2D eigenvalue weighted by Gasteiger charge is 2.27. The first-order valence-corrected chi connectivity index (χ1v) is 11.9. The fourth-order valence-corrected chi connectivity index (χ4v) is 5.58. The lowest BCUT2D eigenvalue weighted by Gasteiger charge is -2.26. The van der Waals surface area contributed by atoms with Crippen molar-refractivity contribution in [1.29, 1.82) is 0 Å². The normalized spacial score (nSPS) is 15.1. The maximum absolute atomic E-state index is 13.0. The van der Waals surface area contributed by atoms with E-state index in [2.05, 4.69) is 20.5 Å². The van der Waals surface area contributed by atoms with Crippen LogP contribution in [0.1, 0.15) is 35.2 Å². The summed E-state index contributed by atoms with van der Waals surface area (Å²) in [5.74, 6) is -0.419. The number of nitrogens with one attached hydrogen (secondary N) is 1. The van der Waals surface area contributed by atoms with Gasteiger partial charge < -0.3 is 0 Å². The van der Waals surface area contributed by atoms with Gasteiger partial charge in [-0.3, -0.25) is 15.1 Å². The van der Waals surface area contributed by atoms with E-state index < -0.39 is 15.9 Å². The molecule has 30 heavy (non-hydrogen) atoms. The van der Waals surface area contributed by atoms with E-state index in [0.29, 0.717) is 34.4 Å². The van der Waals surface area contributed by atoms with Crippen LogP contribution >= 0.6 is 11.3 Å². The number of carbonyl (C=O) groups is 1. The molecule has 0 aliphatic carbocycles. The van der Waals surface area contributed by atoms with Gasteiger partial charge in [0.1, 0.15) is 0 Å². The summed E-state index contributed by atoms with van der Waals surface area (Å²) in [6.07, 6.45) is 6.09. The highest BCUT2D eigenvalue weighted by atomic mass is 32.2. The smallest absolute Gasteiger partial charge is 0.257 e. The molecule has 0 bridgehead atoms. The van der Waals surface area contributed by atoms with Crippen LogP contribution < -0.4 is 5.32 Å². The summed E-state index contributed by atoms with van der Waals surface area (Å²) < 4.78 is 27.4. The van der Waals surface area contributed by atoms with Gasteiger partial charge in [0.2, 0.25) is 15.2 Å². The van der Waals surface area contributed by atoms with Crippen LogP contribution in [0.4, 0.5) is 5.13 Å². The SMILES string of the molecule is Cc1ccc(S(=O)(=O)N2CCCCC2)cc1C(=O)Nc1nnc(-c2cccnc2)s1. The van der Waals surface area contributed by atoms with Crippen molar-refractivity contribution in [2.24, 2.45) is 0 Å². The molecule has 0 unspecified atom stereocenters. The van der Waals surface area contributed by atoms with Crippen molar-refractivity contribution in [3.63, 3.8) is 0 Å². The quantitative estimate of drug-likeness (QED) is 0.648. The molecule has 156 valence electrons. The summed E-state index contributed by atoms with van der Waals surface area (Å²) in [6, 6.07) is 8.32. The Morgan fingerprint density at radius 3 is 2.67 bits per heavy atom. The molecular formula is C20H21N5O3S2. The highest BCUT2D eigenvalue weighted by molar-refractivity contribution is 7.89. The van der Waals surface area contributed by atoms with Crippen LogP contribution in [0.25, 0.3) is 10.6 Å². The number of pyridine rings is 1. The molecular weight excluding hydrogens is 422 g/mol. The number of nitrogens with zero attached hydrogens (tertiary/aromatic N) is 4. The Morgan fingerprint density at radius 2 is 1.93 bits per heavy atom. The average molecular weight is 444 g/mol. The minimum Gasteiger partial charge on any atom is -0.296 e. The zero-order valence-electron chi connectivity index (χ0n) is 16.4. The number of benzene rings is 1. The predicted octanol–water partition coefficient (Wildman–Crippen LogP) is 3.34. The largest absolute Gasteiger partial charge is 0.296 e. The molecule has 0 saturated carbocycles. The first-order chi connectivity index (χ1) is 14.4. The standard InChI is InChI=1S/C20H21N5O3S2/c1-14-7-8-16(30(27,28)25-10-3-2-4-11-25)12-17(14)18(26)22-20-24-23-19(29-20)15-6-5-9-21-13-15/h5-9,12-13H,2-4,10-11H2,1H3,(H,22,24,26). The van der Waals surface area contributed by atoms with Crippen molar-refractivity contribution >= 4 is 32.4 Å². The van der Waals surface area contributed by atoms with E-state index in [1.165, 1.54) is 21.7 Å². The summed E-state index contributed by atoms with van der Waals surface area (Å²) in [6.45, 7) is 2.80. The molecule has 0 radical (unpaired) electrons. The Labute approximate surface area is 179 Å². The van der Waals surface area contributed by atoms with E-state index in [-0.39, 0.29) is 4.90 Å². The third kappa shape index (κ3) is 4.25. The number of aryl methyl sites for hydroxylation is 1. The van der Waals surface area contributed by atoms with E-state index >= 15 is 0 Å². The highest BCUT2D eigenvalue weighted by Crippen LogP contribution is 2.27. The van der Waals surface area contributed by atoms with Crippen molar-refractivity contribution in [3.05, 3.63) is 53.9 Å². The summed E-state index contributed by atoms with van der Waals surface area (Å²) >= 11 is 1.23. The summed E-state index contributed by atoms with van der Waals surface area (Å²) in [4.78, 5) is 17.0. The molecule has 1 aliphatic rings. The minimum atomic E-state index is -3.62. The molecule has 1 aliphatic heterocycles. The Balaban J connectivity index is 1.56. The molecule has 8 nitrogen and oxygen atoms in total. The Kier molecular flexibility index (Phi) is 5.89. The number of rotatable bonds is 5. The van der Waals surface area contributed by atoms with E-state index in [9.17, 15) is 13.2 Å². The third-order valence-electron chi connectivity index (χ3n) is 4.96. The third-order valence-corrected chi connectivity index (χ3v) is 7.74. The van der Waals surface area contributed by atoms with Crippen LogP contribution in [0.15, 0.2) is 47.6 Å². The van der Waals surface area contributed by atoms with Crippen LogP contribution in [0.3, 0.4) is 0 Å². The van der Waals surface area contributed by atoms with Gasteiger partial charge in [-0.15, -0.1) is 10.2 Å². The molecule has 4 rings (SSSR count). The molecule has 0 spiro atoms. The maximum Gasteiger partial charge on any atom is 0.257 e. The molecule has 1 amide bonds. The van der Waals surface area contributed by atoms with Crippen LogP contribution in [0, 0.1) is 6.92 Å². The molecule has 3 aromatic rings. The van der Waals surface area contributed by atoms with Gasteiger partial charge in [0.25, 0.3) is 5.91 Å². The molecule has 2 aromatic heterocycles. The van der Waals surface area contributed by atoms with Crippen LogP contribution in [-0.2, 0) is 10.0 Å². The molecule has 1 fully saturated rings. The lowest BCUT2D eigenvalue weighted by atomic mass is 10.1. The lowest BCUT2D eigenvalue weighted by molar-refractivity contribution is 0.102. The number of amides is 1. The van der Waals surface area contributed by atoms with Gasteiger partial charge in [-0.25, -0.2) is 8.42 Å². The first-order valence-electron chi connectivity index (χ1n) is 9.61. The number of piperidine rings is 1. The fraction of sp³-hybridized carbons (Fsp3) is 0.300. The number of hydrogen-bond acceptors (Lipinski definition) is 7. The van der Waals surface area contributed by atoms with Gasteiger partial charge in [0, 0.05) is 36.6 Å². The Bertz CT molecular complexity index is 1160. The number of carbonyl (C=O) groups excluding carboxylic acids is 1. The molecule has 1 aromatic carbocycles. The Morgan fingerprint density at radius 1 is 1.13 bits per heavy atom. The van der Waals surface area contributed by atoms with Crippen molar-refractivity contribution < 1.29 is 13.2 Å². The second-order valence-electron chi connectivity index (χ2n) is 7.05. The van der Waals surface area contributed by atoms with Crippen LogP contribution in [0.5, 0.6) is 0 Å². The van der Waals surface area contributed by atoms with Gasteiger partial charge >= 0.3 is 0 Å². The lowest BCUT2D eigenvalue weighted by Crippen LogP contribution is -2.35. The van der Waals surface area contributed by atoms with Gasteiger partial charge in [0.05, 0.1) is 4.90 Å². The Hall–Kier alpha value is -2.69. The summed E-state index contributed by atoms with van der Waals surface area (Å²) in [5.41, 5.74) is 1.79. The fourth-order valence-electron chi connectivity index (χ4n) is 3.30. The first kappa shape index (κ1) is 20.6. The van der Waals surface area contributed by atoms with Crippen LogP contribution in [-0.4, -0.2) is 46.9 Å². The topological polar surface area (TPSA) is 105 Å². The average Bonchev–Trinajstić information content (AvgIpc) is 3.23. The van der Waals surface area contributed by atoms with Crippen LogP contribution in [0.2, 0.25) is 0 Å². The molecule has 1 N–H and O–H groups in total. The van der Waals surface area contributed by atoms with Gasteiger partial charge in [-0.2, -0.15) is 4.31 Å². The van der Waals surface area contributed by atoms with Gasteiger partial charge in [-0.05, 0) is 49.6 Å². The summed E-state index contributed by atoms with van der Waals surface area (Å²) in [5, 5.41) is 11.8. The second-order valence-corrected chi connectivity index (χ2v) is 9.97. The monoisotopic (exact) mass is 443 g/mol. The molecule has 1 saturated heterocycles. The number of hydrogen-bond donors (Lipinski definition) is 1. The zero-order valence-corrected chi connectivity index (χ0v) is 18.0. The van der Waals surface area contributed by atoms with E-state index in [1.54, 1.807) is 37.5 Å². The molecule has 0 atom stereocenters. The van der Waals surface area contributed by atoms with Crippen molar-refractivity contribution in [2.45, 2.75) is 31.1 Å². The molecule has 10 heteroatoms. The number of aromatic nitrogens is 3. The van der Waals surface area contributed by atoms with E-state index in [1.807, 2.05) is 6.07 Å². The van der Waals surface area contributed by atoms with Gasteiger partial charge in [0.15, 0.2) is 5.01 Å². The van der Waals surface area contributed by atoms with E-state index in [0.717, 1.165) is 24.8 Å². The number of anilines is 1. The van der Waals surface area contributed by atoms with Crippen molar-refractivity contribution in [2.75, 3.05) is 18.4 Å². The van der Waals surface area contributed by atoms with Gasteiger partial charge in [-0.1, -0.05) is 23.8 Å². The second kappa shape index (κ2) is 8.58.